The quantitative estimate of drug-likeness (QED) is 0.603. The Bertz CT molecular complexity index is 811. The zero-order chi connectivity index (χ0) is 15.0. The number of nitrogens with two attached hydrogens (primary N) is 1. The van der Waals surface area contributed by atoms with Gasteiger partial charge >= 0.3 is 0 Å². The van der Waals surface area contributed by atoms with Gasteiger partial charge in [-0.3, -0.25) is 4.98 Å². The van der Waals surface area contributed by atoms with E-state index in [1.165, 1.54) is 0 Å². The summed E-state index contributed by atoms with van der Waals surface area (Å²) in [6.07, 6.45) is 1.61. The van der Waals surface area contributed by atoms with Gasteiger partial charge in [-0.15, -0.1) is 0 Å². The van der Waals surface area contributed by atoms with Gasteiger partial charge in [0.25, 0.3) is 0 Å². The van der Waals surface area contributed by atoms with Crippen molar-refractivity contribution in [3.63, 3.8) is 0 Å². The third-order valence-corrected chi connectivity index (χ3v) is 4.20. The van der Waals surface area contributed by atoms with Gasteiger partial charge in [-0.25, -0.2) is 0 Å². The van der Waals surface area contributed by atoms with Gasteiger partial charge in [-0.1, -0.05) is 45.2 Å². The van der Waals surface area contributed by atoms with Crippen LogP contribution in [-0.4, -0.2) is 4.98 Å². The number of benzene rings is 2. The second-order valence-corrected chi connectivity index (χ2v) is 6.20. The van der Waals surface area contributed by atoms with E-state index in [9.17, 15) is 0 Å². The lowest BCUT2D eigenvalue weighted by molar-refractivity contribution is 1.40. The second kappa shape index (κ2) is 5.72. The van der Waals surface area contributed by atoms with E-state index >= 15 is 0 Å². The van der Waals surface area contributed by atoms with E-state index in [1.807, 2.05) is 18.2 Å². The largest absolute Gasteiger partial charge is 0.396 e. The normalized spacial score (nSPS) is 10.8. The maximum absolute atomic E-state index is 6.20. The number of halogens is 3. The monoisotopic (exact) mass is 381 g/mol. The third kappa shape index (κ3) is 2.79. The molecule has 0 fully saturated rings. The molecule has 0 radical (unpaired) electrons. The van der Waals surface area contributed by atoms with E-state index in [-0.39, 0.29) is 0 Å². The molecule has 0 saturated carbocycles. The lowest BCUT2D eigenvalue weighted by Gasteiger charge is -2.14. The molecule has 0 saturated heterocycles. The van der Waals surface area contributed by atoms with Crippen LogP contribution < -0.4 is 11.1 Å². The molecule has 3 nitrogen and oxygen atoms in total. The molecule has 0 unspecified atom stereocenters. The van der Waals surface area contributed by atoms with Crippen LogP contribution in [0.5, 0.6) is 0 Å². The number of fused-ring (bicyclic) bond motifs is 1. The fourth-order valence-corrected chi connectivity index (χ4v) is 2.91. The number of hydrogen-bond acceptors (Lipinski definition) is 3. The molecule has 3 aromatic rings. The summed E-state index contributed by atoms with van der Waals surface area (Å²) in [6.45, 7) is 0. The minimum absolute atomic E-state index is 0.525. The van der Waals surface area contributed by atoms with Crippen LogP contribution in [0.1, 0.15) is 0 Å². The molecule has 0 atom stereocenters. The van der Waals surface area contributed by atoms with E-state index in [0.717, 1.165) is 21.1 Å². The number of rotatable bonds is 2. The standard InChI is InChI=1S/C15H10BrCl2N3/c16-8-4-5-13-9(6-8)14(12(19)7-20-13)21-15-10(17)2-1-3-11(15)18/h1-7H,19H2,(H,20,21). The first kappa shape index (κ1) is 14.4. The van der Waals surface area contributed by atoms with Crippen molar-refractivity contribution >= 4 is 67.1 Å². The van der Waals surface area contributed by atoms with Gasteiger partial charge in [0, 0.05) is 9.86 Å². The van der Waals surface area contributed by atoms with Gasteiger partial charge < -0.3 is 11.1 Å². The summed E-state index contributed by atoms with van der Waals surface area (Å²) in [5.74, 6) is 0. The first-order valence-corrected chi connectivity index (χ1v) is 7.66. The number of nitrogen functional groups attached to an aromatic ring is 1. The summed E-state index contributed by atoms with van der Waals surface area (Å²) in [4.78, 5) is 4.32. The number of nitrogens with one attached hydrogen (secondary N) is 1. The Morgan fingerprint density at radius 1 is 1.05 bits per heavy atom. The number of nitrogens with zero attached hydrogens (tertiary/aromatic N) is 1. The molecule has 21 heavy (non-hydrogen) atoms. The zero-order valence-corrected chi connectivity index (χ0v) is 13.8. The molecule has 1 aromatic heterocycles. The van der Waals surface area contributed by atoms with Gasteiger partial charge in [-0.05, 0) is 30.3 Å². The highest BCUT2D eigenvalue weighted by molar-refractivity contribution is 9.10. The Morgan fingerprint density at radius 2 is 1.76 bits per heavy atom. The predicted octanol–water partition coefficient (Wildman–Crippen LogP) is 5.63. The summed E-state index contributed by atoms with van der Waals surface area (Å²) in [5.41, 5.74) is 8.77. The number of para-hydroxylation sites is 1. The highest BCUT2D eigenvalue weighted by Crippen LogP contribution is 2.37. The average Bonchev–Trinajstić information content (AvgIpc) is 2.45. The van der Waals surface area contributed by atoms with Crippen LogP contribution >= 0.6 is 39.1 Å². The fourth-order valence-electron chi connectivity index (χ4n) is 2.06. The molecule has 0 spiro atoms. The maximum Gasteiger partial charge on any atom is 0.0763 e. The molecule has 0 amide bonds. The van der Waals surface area contributed by atoms with Crippen molar-refractivity contribution in [1.29, 1.82) is 0 Å². The van der Waals surface area contributed by atoms with Crippen LogP contribution in [0, 0.1) is 0 Å². The van der Waals surface area contributed by atoms with Crippen LogP contribution in [-0.2, 0) is 0 Å². The van der Waals surface area contributed by atoms with Crippen molar-refractivity contribution in [2.75, 3.05) is 11.1 Å². The van der Waals surface area contributed by atoms with Crippen LogP contribution in [0.4, 0.5) is 17.1 Å². The Morgan fingerprint density at radius 3 is 2.48 bits per heavy atom. The van der Waals surface area contributed by atoms with Crippen molar-refractivity contribution in [1.82, 2.24) is 4.98 Å². The van der Waals surface area contributed by atoms with E-state index in [1.54, 1.807) is 24.4 Å². The van der Waals surface area contributed by atoms with Crippen molar-refractivity contribution in [3.8, 4) is 0 Å². The van der Waals surface area contributed by atoms with Crippen LogP contribution in [0.2, 0.25) is 10.0 Å². The predicted molar refractivity (Wildman–Crippen MR) is 93.6 cm³/mol. The van der Waals surface area contributed by atoms with Crippen LogP contribution in [0.15, 0.2) is 47.1 Å². The summed E-state index contributed by atoms with van der Waals surface area (Å²) < 4.78 is 0.940. The first-order chi connectivity index (χ1) is 10.1. The third-order valence-electron chi connectivity index (χ3n) is 3.07. The lowest BCUT2D eigenvalue weighted by Crippen LogP contribution is -2.00. The van der Waals surface area contributed by atoms with Crippen molar-refractivity contribution in [3.05, 3.63) is 57.1 Å². The zero-order valence-electron chi connectivity index (χ0n) is 10.7. The molecule has 0 aliphatic rings. The number of pyridine rings is 1. The molecule has 2 aromatic carbocycles. The number of hydrogen-bond donors (Lipinski definition) is 2. The van der Waals surface area contributed by atoms with E-state index in [0.29, 0.717) is 21.4 Å². The average molecular weight is 383 g/mol. The van der Waals surface area contributed by atoms with Gasteiger partial charge in [0.15, 0.2) is 0 Å². The first-order valence-electron chi connectivity index (χ1n) is 6.11. The highest BCUT2D eigenvalue weighted by Gasteiger charge is 2.11. The van der Waals surface area contributed by atoms with Crippen molar-refractivity contribution in [2.24, 2.45) is 0 Å². The summed E-state index contributed by atoms with van der Waals surface area (Å²) >= 11 is 15.9. The maximum atomic E-state index is 6.20. The topological polar surface area (TPSA) is 50.9 Å². The molecular weight excluding hydrogens is 373 g/mol. The minimum atomic E-state index is 0.525. The molecule has 3 N–H and O–H groups in total. The SMILES string of the molecule is Nc1cnc2ccc(Br)cc2c1Nc1c(Cl)cccc1Cl. The van der Waals surface area contributed by atoms with Crippen molar-refractivity contribution in [2.45, 2.75) is 0 Å². The lowest BCUT2D eigenvalue weighted by atomic mass is 10.1. The van der Waals surface area contributed by atoms with Gasteiger partial charge in [0.1, 0.15) is 0 Å². The highest BCUT2D eigenvalue weighted by atomic mass is 79.9. The summed E-state index contributed by atoms with van der Waals surface area (Å²) in [6, 6.07) is 11.1. The number of aromatic nitrogens is 1. The molecule has 106 valence electrons. The molecule has 0 aliphatic carbocycles. The minimum Gasteiger partial charge on any atom is -0.396 e. The molecule has 6 heteroatoms. The summed E-state index contributed by atoms with van der Waals surface area (Å²) in [7, 11) is 0. The van der Waals surface area contributed by atoms with Crippen molar-refractivity contribution < 1.29 is 0 Å². The molecule has 1 heterocycles. The van der Waals surface area contributed by atoms with Gasteiger partial charge in [0.2, 0.25) is 0 Å². The van der Waals surface area contributed by atoms with E-state index < -0.39 is 0 Å². The Balaban J connectivity index is 2.20. The Labute approximate surface area is 140 Å². The van der Waals surface area contributed by atoms with Gasteiger partial charge in [0.05, 0.1) is 38.8 Å². The summed E-state index contributed by atoms with van der Waals surface area (Å²) in [5, 5.41) is 5.18. The fraction of sp³-hybridized carbons (Fsp3) is 0. The molecule has 0 bridgehead atoms. The van der Waals surface area contributed by atoms with E-state index in [2.05, 4.69) is 26.2 Å². The Hall–Kier alpha value is -1.49. The number of anilines is 3. The molecule has 0 aliphatic heterocycles. The molecular formula is C15H10BrCl2N3. The second-order valence-electron chi connectivity index (χ2n) is 4.47. The van der Waals surface area contributed by atoms with Crippen LogP contribution in [0.25, 0.3) is 10.9 Å². The molecule has 3 rings (SSSR count). The Kier molecular flexibility index (Phi) is 3.93. The van der Waals surface area contributed by atoms with Gasteiger partial charge in [-0.2, -0.15) is 0 Å². The van der Waals surface area contributed by atoms with E-state index in [4.69, 9.17) is 28.9 Å². The van der Waals surface area contributed by atoms with Crippen LogP contribution in [0.3, 0.4) is 0 Å². The smallest absolute Gasteiger partial charge is 0.0763 e.